The fourth-order valence-electron chi connectivity index (χ4n) is 4.10. The van der Waals surface area contributed by atoms with E-state index in [1.165, 1.54) is 18.4 Å². The number of likely N-dealkylation sites (N-methyl/N-ethyl adjacent to an activating group) is 1. The van der Waals surface area contributed by atoms with Gasteiger partial charge >= 0.3 is 0 Å². The predicted molar refractivity (Wildman–Crippen MR) is 119 cm³/mol. The number of hydrogen-bond acceptors (Lipinski definition) is 4. The van der Waals surface area contributed by atoms with Crippen molar-refractivity contribution in [3.05, 3.63) is 58.7 Å². The lowest BCUT2D eigenvalue weighted by Gasteiger charge is -2.28. The molecule has 1 saturated carbocycles. The highest BCUT2D eigenvalue weighted by molar-refractivity contribution is 6.30. The molecule has 1 aliphatic carbocycles. The first-order valence-electron chi connectivity index (χ1n) is 10.7. The first-order valence-corrected chi connectivity index (χ1v) is 11.0. The van der Waals surface area contributed by atoms with E-state index in [1.807, 2.05) is 32.0 Å². The van der Waals surface area contributed by atoms with Gasteiger partial charge < -0.3 is 15.0 Å². The second-order valence-electron chi connectivity index (χ2n) is 9.30. The maximum absolute atomic E-state index is 13.2. The summed E-state index contributed by atoms with van der Waals surface area (Å²) in [4.78, 5) is 19.8. The molecule has 1 saturated heterocycles. The summed E-state index contributed by atoms with van der Waals surface area (Å²) in [6.45, 7) is 5.88. The van der Waals surface area contributed by atoms with Gasteiger partial charge in [-0.3, -0.25) is 4.79 Å². The molecule has 6 heteroatoms. The van der Waals surface area contributed by atoms with Crippen molar-refractivity contribution in [1.82, 2.24) is 15.2 Å². The van der Waals surface area contributed by atoms with Crippen molar-refractivity contribution in [2.45, 2.75) is 44.6 Å². The van der Waals surface area contributed by atoms with Crippen LogP contribution in [-0.4, -0.2) is 48.6 Å². The van der Waals surface area contributed by atoms with Crippen molar-refractivity contribution in [2.75, 3.05) is 26.7 Å². The third-order valence-corrected chi connectivity index (χ3v) is 6.37. The molecular weight excluding hydrogens is 398 g/mol. The molecule has 2 heterocycles. The maximum atomic E-state index is 13.2. The van der Waals surface area contributed by atoms with E-state index in [0.29, 0.717) is 18.4 Å². The van der Waals surface area contributed by atoms with Crippen molar-refractivity contribution >= 4 is 17.5 Å². The topological polar surface area (TPSA) is 54.5 Å². The number of carbonyl (C=O) groups is 1. The molecule has 1 aliphatic heterocycles. The number of amides is 1. The van der Waals surface area contributed by atoms with Crippen LogP contribution in [0.1, 0.15) is 49.7 Å². The highest BCUT2D eigenvalue weighted by atomic mass is 35.5. The minimum absolute atomic E-state index is 0.00525. The number of ether oxygens (including phenoxy) is 1. The fourth-order valence-corrected chi connectivity index (χ4v) is 4.23. The van der Waals surface area contributed by atoms with E-state index >= 15 is 0 Å². The minimum atomic E-state index is -0.663. The number of nitrogens with one attached hydrogen (secondary N) is 1. The van der Waals surface area contributed by atoms with Crippen LogP contribution in [0.3, 0.4) is 0 Å². The van der Waals surface area contributed by atoms with E-state index < -0.39 is 5.41 Å². The van der Waals surface area contributed by atoms with Crippen molar-refractivity contribution in [2.24, 2.45) is 5.41 Å². The lowest BCUT2D eigenvalue weighted by atomic mass is 9.90. The van der Waals surface area contributed by atoms with Crippen molar-refractivity contribution < 1.29 is 9.53 Å². The number of halogens is 1. The van der Waals surface area contributed by atoms with Crippen molar-refractivity contribution in [3.63, 3.8) is 0 Å². The summed E-state index contributed by atoms with van der Waals surface area (Å²) in [6.07, 6.45) is 4.12. The molecule has 2 aromatic rings. The van der Waals surface area contributed by atoms with Gasteiger partial charge in [0.15, 0.2) is 0 Å². The molecule has 2 aliphatic rings. The summed E-state index contributed by atoms with van der Waals surface area (Å²) in [6, 6.07) is 12.0. The Morgan fingerprint density at radius 2 is 1.97 bits per heavy atom. The molecule has 2 fully saturated rings. The summed E-state index contributed by atoms with van der Waals surface area (Å²) < 4.78 is 6.04. The molecular formula is C24H30ClN3O2. The summed E-state index contributed by atoms with van der Waals surface area (Å²) in [5, 5.41) is 4.01. The van der Waals surface area contributed by atoms with Crippen LogP contribution in [-0.2, 0) is 4.79 Å². The molecule has 160 valence electrons. The lowest BCUT2D eigenvalue weighted by molar-refractivity contribution is -0.131. The van der Waals surface area contributed by atoms with E-state index in [0.717, 1.165) is 23.7 Å². The second-order valence-corrected chi connectivity index (χ2v) is 9.74. The van der Waals surface area contributed by atoms with E-state index in [4.69, 9.17) is 16.3 Å². The highest BCUT2D eigenvalue weighted by Crippen LogP contribution is 2.43. The number of aromatic nitrogens is 1. The van der Waals surface area contributed by atoms with Gasteiger partial charge in [-0.1, -0.05) is 29.8 Å². The molecule has 1 amide bonds. The van der Waals surface area contributed by atoms with Gasteiger partial charge in [0.2, 0.25) is 11.8 Å². The average molecular weight is 428 g/mol. The standard InChI is InChI=1S/C24H30ClN3O2/c1-24(2,15-30-22-19(16-6-7-16)5-4-12-26-22)23(29)27-21-14-28(3)13-20(21)17-8-10-18(25)11-9-17/h4-5,8-12,16,20-21H,6-7,13-15H2,1-3H3,(H,27,29)/t20-,21+/m1/s1. The molecule has 30 heavy (non-hydrogen) atoms. The molecule has 2 atom stereocenters. The van der Waals surface area contributed by atoms with Crippen LogP contribution in [0.4, 0.5) is 0 Å². The van der Waals surface area contributed by atoms with Crippen molar-refractivity contribution in [3.8, 4) is 5.88 Å². The monoisotopic (exact) mass is 427 g/mol. The molecule has 1 aromatic heterocycles. The minimum Gasteiger partial charge on any atom is -0.476 e. The van der Waals surface area contributed by atoms with Crippen LogP contribution >= 0.6 is 11.6 Å². The first kappa shape index (κ1) is 21.1. The Morgan fingerprint density at radius 3 is 2.67 bits per heavy atom. The van der Waals surface area contributed by atoms with E-state index in [9.17, 15) is 4.79 Å². The normalized spacial score (nSPS) is 22.1. The predicted octanol–water partition coefficient (Wildman–Crippen LogP) is 4.23. The molecule has 0 spiro atoms. The largest absolute Gasteiger partial charge is 0.476 e. The lowest BCUT2D eigenvalue weighted by Crippen LogP contribution is -2.48. The zero-order chi connectivity index (χ0) is 21.3. The van der Waals surface area contributed by atoms with Crippen LogP contribution in [0, 0.1) is 5.41 Å². The van der Waals surface area contributed by atoms with E-state index in [2.05, 4.69) is 40.4 Å². The Labute approximate surface area is 183 Å². The van der Waals surface area contributed by atoms with Gasteiger partial charge in [-0.05, 0) is 63.4 Å². The zero-order valence-electron chi connectivity index (χ0n) is 17.9. The fraction of sp³-hybridized carbons (Fsp3) is 0.500. The van der Waals surface area contributed by atoms with Gasteiger partial charge in [0.05, 0.1) is 5.41 Å². The third kappa shape index (κ3) is 4.79. The Balaban J connectivity index is 1.40. The van der Waals surface area contributed by atoms with Crippen LogP contribution in [0.15, 0.2) is 42.6 Å². The number of pyridine rings is 1. The Bertz CT molecular complexity index is 896. The number of nitrogens with zero attached hydrogens (tertiary/aromatic N) is 2. The van der Waals surface area contributed by atoms with E-state index in [1.54, 1.807) is 6.20 Å². The van der Waals surface area contributed by atoms with Crippen LogP contribution in [0.5, 0.6) is 5.88 Å². The Kier molecular flexibility index (Phi) is 6.03. The number of rotatable bonds is 7. The number of carbonyl (C=O) groups excluding carboxylic acids is 1. The molecule has 0 unspecified atom stereocenters. The Morgan fingerprint density at radius 1 is 1.23 bits per heavy atom. The summed E-state index contributed by atoms with van der Waals surface area (Å²) in [5.74, 6) is 1.47. The highest BCUT2D eigenvalue weighted by Gasteiger charge is 2.37. The van der Waals surface area contributed by atoms with Gasteiger partial charge in [0.25, 0.3) is 0 Å². The smallest absolute Gasteiger partial charge is 0.229 e. The van der Waals surface area contributed by atoms with Crippen molar-refractivity contribution in [1.29, 1.82) is 0 Å². The van der Waals surface area contributed by atoms with E-state index in [-0.39, 0.29) is 17.9 Å². The quantitative estimate of drug-likeness (QED) is 0.718. The average Bonchev–Trinajstić information content (AvgIpc) is 3.50. The SMILES string of the molecule is CN1C[C@H](NC(=O)C(C)(C)COc2ncccc2C2CC2)[C@@H](c2ccc(Cl)cc2)C1. The zero-order valence-corrected chi connectivity index (χ0v) is 18.7. The number of benzene rings is 1. The maximum Gasteiger partial charge on any atom is 0.229 e. The molecule has 0 bridgehead atoms. The first-order chi connectivity index (χ1) is 14.3. The Hall–Kier alpha value is -2.11. The molecule has 1 N–H and O–H groups in total. The van der Waals surface area contributed by atoms with Gasteiger partial charge in [-0.2, -0.15) is 0 Å². The molecule has 5 nitrogen and oxygen atoms in total. The van der Waals surface area contributed by atoms with Gasteiger partial charge in [-0.15, -0.1) is 0 Å². The van der Waals surface area contributed by atoms with Crippen LogP contribution in [0.2, 0.25) is 5.02 Å². The van der Waals surface area contributed by atoms with Crippen LogP contribution in [0.25, 0.3) is 0 Å². The summed E-state index contributed by atoms with van der Waals surface area (Å²) >= 11 is 6.05. The number of likely N-dealkylation sites (tertiary alicyclic amines) is 1. The summed E-state index contributed by atoms with van der Waals surface area (Å²) in [5.41, 5.74) is 1.70. The van der Waals surface area contributed by atoms with Gasteiger partial charge in [-0.25, -0.2) is 4.98 Å². The second kappa shape index (κ2) is 8.56. The molecule has 1 aromatic carbocycles. The molecule has 4 rings (SSSR count). The molecule has 0 radical (unpaired) electrons. The summed E-state index contributed by atoms with van der Waals surface area (Å²) in [7, 11) is 2.09. The van der Waals surface area contributed by atoms with Crippen LogP contribution < -0.4 is 10.1 Å². The third-order valence-electron chi connectivity index (χ3n) is 6.12. The number of hydrogen-bond donors (Lipinski definition) is 1. The van der Waals surface area contributed by atoms with Gasteiger partial charge in [0.1, 0.15) is 6.61 Å². The van der Waals surface area contributed by atoms with Gasteiger partial charge in [0, 0.05) is 41.8 Å².